The van der Waals surface area contributed by atoms with Gasteiger partial charge in [-0.05, 0) is 30.2 Å². The van der Waals surface area contributed by atoms with Gasteiger partial charge in [-0.3, -0.25) is 14.7 Å². The lowest BCUT2D eigenvalue weighted by Crippen LogP contribution is -2.36. The molecule has 25 heavy (non-hydrogen) atoms. The second-order valence-corrected chi connectivity index (χ2v) is 6.35. The highest BCUT2D eigenvalue weighted by Crippen LogP contribution is 2.19. The zero-order chi connectivity index (χ0) is 17.5. The van der Waals surface area contributed by atoms with Crippen molar-refractivity contribution >= 4 is 5.91 Å². The monoisotopic (exact) mass is 339 g/mol. The summed E-state index contributed by atoms with van der Waals surface area (Å²) in [5.74, 6) is 0.959. The molecule has 0 bridgehead atoms. The molecule has 1 fully saturated rings. The number of nitrogens with zero attached hydrogens (tertiary/aromatic N) is 3. The first kappa shape index (κ1) is 17.4. The molecule has 1 aromatic carbocycles. The van der Waals surface area contributed by atoms with Gasteiger partial charge in [-0.25, -0.2) is 0 Å². The van der Waals surface area contributed by atoms with E-state index in [0.717, 1.165) is 50.5 Å². The number of amides is 1. The summed E-state index contributed by atoms with van der Waals surface area (Å²) >= 11 is 0. The van der Waals surface area contributed by atoms with Crippen LogP contribution in [0.2, 0.25) is 0 Å². The van der Waals surface area contributed by atoms with Crippen LogP contribution in [0.25, 0.3) is 0 Å². The van der Waals surface area contributed by atoms with E-state index in [2.05, 4.69) is 22.0 Å². The van der Waals surface area contributed by atoms with Gasteiger partial charge in [0.2, 0.25) is 5.91 Å². The molecule has 5 heteroatoms. The average Bonchev–Trinajstić information content (AvgIpc) is 2.89. The van der Waals surface area contributed by atoms with Crippen molar-refractivity contribution in [3.8, 4) is 5.75 Å². The molecule has 0 aliphatic carbocycles. The smallest absolute Gasteiger partial charge is 0.227 e. The molecule has 0 spiro atoms. The number of para-hydroxylation sites is 1. The molecular formula is C20H25N3O2. The van der Waals surface area contributed by atoms with E-state index in [-0.39, 0.29) is 5.91 Å². The van der Waals surface area contributed by atoms with Gasteiger partial charge in [-0.15, -0.1) is 0 Å². The van der Waals surface area contributed by atoms with Crippen LogP contribution in [0.4, 0.5) is 0 Å². The first-order valence-electron chi connectivity index (χ1n) is 8.77. The predicted octanol–water partition coefficient (Wildman–Crippen LogP) is 2.37. The van der Waals surface area contributed by atoms with Crippen molar-refractivity contribution in [1.82, 2.24) is 14.8 Å². The fraction of sp³-hybridized carbons (Fsp3) is 0.400. The molecule has 2 aromatic rings. The Morgan fingerprint density at radius 2 is 1.88 bits per heavy atom. The molecule has 1 aliphatic rings. The van der Waals surface area contributed by atoms with Gasteiger partial charge >= 0.3 is 0 Å². The van der Waals surface area contributed by atoms with Gasteiger partial charge in [0.05, 0.1) is 13.5 Å². The molecular weight excluding hydrogens is 314 g/mol. The van der Waals surface area contributed by atoms with Crippen LogP contribution in [0.15, 0.2) is 48.8 Å². The third kappa shape index (κ3) is 4.79. The van der Waals surface area contributed by atoms with E-state index in [9.17, 15) is 4.79 Å². The van der Waals surface area contributed by atoms with Crippen molar-refractivity contribution in [3.05, 3.63) is 59.9 Å². The highest BCUT2D eigenvalue weighted by molar-refractivity contribution is 5.79. The molecule has 3 rings (SSSR count). The number of pyridine rings is 1. The molecule has 0 N–H and O–H groups in total. The normalized spacial score (nSPS) is 15.6. The molecule has 1 aliphatic heterocycles. The van der Waals surface area contributed by atoms with E-state index in [0.29, 0.717) is 6.42 Å². The summed E-state index contributed by atoms with van der Waals surface area (Å²) in [4.78, 5) is 21.2. The topological polar surface area (TPSA) is 45.7 Å². The van der Waals surface area contributed by atoms with Gasteiger partial charge in [0.25, 0.3) is 0 Å². The van der Waals surface area contributed by atoms with E-state index in [4.69, 9.17) is 4.74 Å². The van der Waals surface area contributed by atoms with E-state index in [1.54, 1.807) is 7.11 Å². The van der Waals surface area contributed by atoms with Crippen molar-refractivity contribution in [1.29, 1.82) is 0 Å². The lowest BCUT2D eigenvalue weighted by Gasteiger charge is -2.22. The zero-order valence-corrected chi connectivity index (χ0v) is 14.7. The third-order valence-electron chi connectivity index (χ3n) is 4.63. The second kappa shape index (κ2) is 8.62. The number of carbonyl (C=O) groups is 1. The maximum atomic E-state index is 12.7. The summed E-state index contributed by atoms with van der Waals surface area (Å²) in [6, 6.07) is 11.8. The van der Waals surface area contributed by atoms with Gasteiger partial charge in [0, 0.05) is 50.7 Å². The minimum absolute atomic E-state index is 0.176. The summed E-state index contributed by atoms with van der Waals surface area (Å²) in [5, 5.41) is 0. The Labute approximate surface area is 149 Å². The Kier molecular flexibility index (Phi) is 6.01. The summed E-state index contributed by atoms with van der Waals surface area (Å²) in [5.41, 5.74) is 2.22. The quantitative estimate of drug-likeness (QED) is 0.839. The average molecular weight is 339 g/mol. The van der Waals surface area contributed by atoms with E-state index >= 15 is 0 Å². The van der Waals surface area contributed by atoms with Crippen molar-refractivity contribution in [2.45, 2.75) is 19.4 Å². The van der Waals surface area contributed by atoms with Crippen LogP contribution in [-0.4, -0.2) is 54.0 Å². The Morgan fingerprint density at radius 3 is 2.68 bits per heavy atom. The van der Waals surface area contributed by atoms with Crippen LogP contribution >= 0.6 is 0 Å². The van der Waals surface area contributed by atoms with Crippen molar-refractivity contribution in [3.63, 3.8) is 0 Å². The second-order valence-electron chi connectivity index (χ2n) is 6.35. The largest absolute Gasteiger partial charge is 0.496 e. The standard InChI is InChI=1S/C20H25N3O2/c1-25-19-6-3-2-5-18(19)15-20(24)23-12-4-11-22(13-14-23)16-17-7-9-21-10-8-17/h2-3,5-10H,4,11-16H2,1H3. The van der Waals surface area contributed by atoms with Crippen LogP contribution in [0.5, 0.6) is 5.75 Å². The highest BCUT2D eigenvalue weighted by Gasteiger charge is 2.20. The summed E-state index contributed by atoms with van der Waals surface area (Å²) in [7, 11) is 1.65. The van der Waals surface area contributed by atoms with Gasteiger partial charge < -0.3 is 9.64 Å². The van der Waals surface area contributed by atoms with Crippen LogP contribution in [0, 0.1) is 0 Å². The zero-order valence-electron chi connectivity index (χ0n) is 14.7. The molecule has 1 saturated heterocycles. The molecule has 0 atom stereocenters. The Morgan fingerprint density at radius 1 is 1.08 bits per heavy atom. The van der Waals surface area contributed by atoms with Gasteiger partial charge in [0.15, 0.2) is 0 Å². The summed E-state index contributed by atoms with van der Waals surface area (Å²) < 4.78 is 5.36. The number of rotatable bonds is 5. The molecule has 0 saturated carbocycles. The summed E-state index contributed by atoms with van der Waals surface area (Å²) in [6.07, 6.45) is 5.06. The lowest BCUT2D eigenvalue weighted by molar-refractivity contribution is -0.130. The van der Waals surface area contributed by atoms with E-state index in [1.165, 1.54) is 5.56 Å². The molecule has 0 unspecified atom stereocenters. The van der Waals surface area contributed by atoms with Crippen molar-refractivity contribution in [2.24, 2.45) is 0 Å². The Hall–Kier alpha value is -2.40. The van der Waals surface area contributed by atoms with Gasteiger partial charge in [-0.2, -0.15) is 0 Å². The highest BCUT2D eigenvalue weighted by atomic mass is 16.5. The van der Waals surface area contributed by atoms with Crippen molar-refractivity contribution in [2.75, 3.05) is 33.3 Å². The maximum Gasteiger partial charge on any atom is 0.227 e. The van der Waals surface area contributed by atoms with Crippen LogP contribution in [0.1, 0.15) is 17.5 Å². The fourth-order valence-corrected chi connectivity index (χ4v) is 3.25. The SMILES string of the molecule is COc1ccccc1CC(=O)N1CCCN(Cc2ccncc2)CC1. The van der Waals surface area contributed by atoms with E-state index in [1.807, 2.05) is 41.6 Å². The minimum Gasteiger partial charge on any atom is -0.496 e. The molecule has 2 heterocycles. The number of benzene rings is 1. The molecule has 0 radical (unpaired) electrons. The minimum atomic E-state index is 0.176. The lowest BCUT2D eigenvalue weighted by atomic mass is 10.1. The van der Waals surface area contributed by atoms with Crippen LogP contribution in [0.3, 0.4) is 0 Å². The number of methoxy groups -OCH3 is 1. The molecule has 5 nitrogen and oxygen atoms in total. The third-order valence-corrected chi connectivity index (χ3v) is 4.63. The Bertz CT molecular complexity index is 690. The number of aromatic nitrogens is 1. The van der Waals surface area contributed by atoms with E-state index < -0.39 is 0 Å². The Balaban J connectivity index is 1.56. The number of carbonyl (C=O) groups excluding carboxylic acids is 1. The predicted molar refractivity (Wildman–Crippen MR) is 97.4 cm³/mol. The number of hydrogen-bond acceptors (Lipinski definition) is 4. The van der Waals surface area contributed by atoms with Crippen LogP contribution < -0.4 is 4.74 Å². The number of ether oxygens (including phenoxy) is 1. The molecule has 1 amide bonds. The van der Waals surface area contributed by atoms with Gasteiger partial charge in [-0.1, -0.05) is 18.2 Å². The fourth-order valence-electron chi connectivity index (χ4n) is 3.25. The van der Waals surface area contributed by atoms with Crippen LogP contribution in [-0.2, 0) is 17.8 Å². The number of hydrogen-bond donors (Lipinski definition) is 0. The maximum absolute atomic E-state index is 12.7. The molecule has 132 valence electrons. The first-order valence-corrected chi connectivity index (χ1v) is 8.77. The molecule has 1 aromatic heterocycles. The first-order chi connectivity index (χ1) is 12.3. The summed E-state index contributed by atoms with van der Waals surface area (Å²) in [6.45, 7) is 4.43. The van der Waals surface area contributed by atoms with Crippen molar-refractivity contribution < 1.29 is 9.53 Å². The van der Waals surface area contributed by atoms with Gasteiger partial charge in [0.1, 0.15) is 5.75 Å².